The number of aryl methyl sites for hydroxylation is 2. The fraction of sp³-hybridized carbons (Fsp3) is 0.714. The SMILES string of the molecule is Cc1cc(NCC2(O)CCCC(C(F)(F)F)C2)nc(C)n1. The summed E-state index contributed by atoms with van der Waals surface area (Å²) in [5.41, 5.74) is -0.570. The molecule has 1 heterocycles. The lowest BCUT2D eigenvalue weighted by molar-refractivity contribution is -0.199. The number of aromatic nitrogens is 2. The Morgan fingerprint density at radius 1 is 1.38 bits per heavy atom. The highest BCUT2D eigenvalue weighted by molar-refractivity contribution is 5.36. The van der Waals surface area contributed by atoms with Crippen LogP contribution < -0.4 is 5.32 Å². The normalized spacial score (nSPS) is 26.7. The summed E-state index contributed by atoms with van der Waals surface area (Å²) in [6.45, 7) is 3.62. The second-order valence-electron chi connectivity index (χ2n) is 5.85. The molecule has 118 valence electrons. The summed E-state index contributed by atoms with van der Waals surface area (Å²) in [4.78, 5) is 8.29. The smallest absolute Gasteiger partial charge is 0.388 e. The van der Waals surface area contributed by atoms with Crippen molar-refractivity contribution in [3.63, 3.8) is 0 Å². The Labute approximate surface area is 121 Å². The number of nitrogens with one attached hydrogen (secondary N) is 1. The molecule has 0 aliphatic heterocycles. The summed E-state index contributed by atoms with van der Waals surface area (Å²) in [7, 11) is 0. The van der Waals surface area contributed by atoms with E-state index in [1.54, 1.807) is 13.0 Å². The van der Waals surface area contributed by atoms with Gasteiger partial charge in [-0.2, -0.15) is 13.2 Å². The Morgan fingerprint density at radius 3 is 2.71 bits per heavy atom. The highest BCUT2D eigenvalue weighted by Crippen LogP contribution is 2.41. The van der Waals surface area contributed by atoms with E-state index in [1.807, 2.05) is 6.92 Å². The molecule has 1 fully saturated rings. The van der Waals surface area contributed by atoms with Gasteiger partial charge in [-0.05, 0) is 39.5 Å². The van der Waals surface area contributed by atoms with E-state index >= 15 is 0 Å². The molecular formula is C14H20F3N3O. The highest BCUT2D eigenvalue weighted by atomic mass is 19.4. The topological polar surface area (TPSA) is 58.0 Å². The minimum atomic E-state index is -4.24. The molecule has 7 heteroatoms. The van der Waals surface area contributed by atoms with Gasteiger partial charge in [0.1, 0.15) is 11.6 Å². The molecule has 2 rings (SSSR count). The molecule has 4 nitrogen and oxygen atoms in total. The van der Waals surface area contributed by atoms with Crippen LogP contribution in [0.5, 0.6) is 0 Å². The molecule has 1 aliphatic carbocycles. The maximum absolute atomic E-state index is 12.8. The Balaban J connectivity index is 2.01. The van der Waals surface area contributed by atoms with E-state index in [-0.39, 0.29) is 19.4 Å². The Kier molecular flexibility index (Phi) is 4.41. The first-order chi connectivity index (χ1) is 9.68. The summed E-state index contributed by atoms with van der Waals surface area (Å²) in [5, 5.41) is 13.3. The third kappa shape index (κ3) is 4.30. The third-order valence-corrected chi connectivity index (χ3v) is 3.85. The number of nitrogens with zero attached hydrogens (tertiary/aromatic N) is 2. The predicted octanol–water partition coefficient (Wildman–Crippen LogP) is 2.99. The number of rotatable bonds is 3. The molecular weight excluding hydrogens is 283 g/mol. The molecule has 21 heavy (non-hydrogen) atoms. The van der Waals surface area contributed by atoms with E-state index in [2.05, 4.69) is 15.3 Å². The fourth-order valence-corrected chi connectivity index (χ4v) is 2.84. The van der Waals surface area contributed by atoms with Crippen molar-refractivity contribution in [1.82, 2.24) is 9.97 Å². The quantitative estimate of drug-likeness (QED) is 0.901. The van der Waals surface area contributed by atoms with E-state index < -0.39 is 17.7 Å². The summed E-state index contributed by atoms with van der Waals surface area (Å²) in [6, 6.07) is 1.71. The first kappa shape index (κ1) is 16.0. The number of aliphatic hydroxyl groups is 1. The minimum absolute atomic E-state index is 0.0650. The van der Waals surface area contributed by atoms with Crippen molar-refractivity contribution in [2.75, 3.05) is 11.9 Å². The Hall–Kier alpha value is -1.37. The zero-order valence-corrected chi connectivity index (χ0v) is 12.2. The summed E-state index contributed by atoms with van der Waals surface area (Å²) in [6.07, 6.45) is -3.65. The average Bonchev–Trinajstić information content (AvgIpc) is 2.34. The van der Waals surface area contributed by atoms with Gasteiger partial charge in [0.2, 0.25) is 0 Å². The first-order valence-corrected chi connectivity index (χ1v) is 7.03. The number of hydrogen-bond donors (Lipinski definition) is 2. The van der Waals surface area contributed by atoms with E-state index in [0.29, 0.717) is 24.5 Å². The van der Waals surface area contributed by atoms with Crippen molar-refractivity contribution >= 4 is 5.82 Å². The second-order valence-corrected chi connectivity index (χ2v) is 5.85. The minimum Gasteiger partial charge on any atom is -0.388 e. The highest BCUT2D eigenvalue weighted by Gasteiger charge is 2.46. The van der Waals surface area contributed by atoms with Gasteiger partial charge >= 0.3 is 6.18 Å². The Morgan fingerprint density at radius 2 is 2.10 bits per heavy atom. The molecule has 1 saturated carbocycles. The van der Waals surface area contributed by atoms with Gasteiger partial charge in [-0.15, -0.1) is 0 Å². The van der Waals surface area contributed by atoms with E-state index in [0.717, 1.165) is 5.69 Å². The Bertz CT molecular complexity index is 486. The first-order valence-electron chi connectivity index (χ1n) is 7.03. The van der Waals surface area contributed by atoms with Crippen molar-refractivity contribution in [1.29, 1.82) is 0 Å². The van der Waals surface area contributed by atoms with Gasteiger partial charge < -0.3 is 10.4 Å². The molecule has 1 aromatic heterocycles. The lowest BCUT2D eigenvalue weighted by Gasteiger charge is -2.37. The van der Waals surface area contributed by atoms with Gasteiger partial charge in [-0.25, -0.2) is 9.97 Å². The maximum Gasteiger partial charge on any atom is 0.391 e. The van der Waals surface area contributed by atoms with Crippen LogP contribution in [0.2, 0.25) is 0 Å². The van der Waals surface area contributed by atoms with Crippen LogP contribution in [0.1, 0.15) is 37.2 Å². The van der Waals surface area contributed by atoms with Crippen LogP contribution in [-0.4, -0.2) is 33.4 Å². The van der Waals surface area contributed by atoms with Crippen molar-refractivity contribution in [3.8, 4) is 0 Å². The van der Waals surface area contributed by atoms with Gasteiger partial charge in [0.15, 0.2) is 0 Å². The largest absolute Gasteiger partial charge is 0.391 e. The molecule has 0 amide bonds. The van der Waals surface area contributed by atoms with Crippen LogP contribution in [0, 0.1) is 19.8 Å². The van der Waals surface area contributed by atoms with Crippen LogP contribution in [0.4, 0.5) is 19.0 Å². The second kappa shape index (κ2) is 5.79. The van der Waals surface area contributed by atoms with E-state index in [4.69, 9.17) is 0 Å². The average molecular weight is 303 g/mol. The number of alkyl halides is 3. The third-order valence-electron chi connectivity index (χ3n) is 3.85. The summed E-state index contributed by atoms with van der Waals surface area (Å²) >= 11 is 0. The van der Waals surface area contributed by atoms with Gasteiger partial charge in [0.25, 0.3) is 0 Å². The number of anilines is 1. The van der Waals surface area contributed by atoms with Gasteiger partial charge in [-0.1, -0.05) is 0 Å². The maximum atomic E-state index is 12.8. The predicted molar refractivity (Wildman–Crippen MR) is 73.0 cm³/mol. The van der Waals surface area contributed by atoms with Crippen LogP contribution in [0.15, 0.2) is 6.07 Å². The van der Waals surface area contributed by atoms with E-state index in [1.165, 1.54) is 0 Å². The molecule has 0 saturated heterocycles. The molecule has 1 aromatic rings. The van der Waals surface area contributed by atoms with Crippen molar-refractivity contribution in [2.45, 2.75) is 51.3 Å². The zero-order valence-electron chi connectivity index (χ0n) is 12.2. The van der Waals surface area contributed by atoms with Crippen LogP contribution in [0.3, 0.4) is 0 Å². The number of hydrogen-bond acceptors (Lipinski definition) is 4. The summed E-state index contributed by atoms with van der Waals surface area (Å²) < 4.78 is 38.4. The molecule has 2 atom stereocenters. The monoisotopic (exact) mass is 303 g/mol. The molecule has 2 N–H and O–H groups in total. The zero-order chi connectivity index (χ0) is 15.7. The molecule has 0 aromatic carbocycles. The standard InChI is InChI=1S/C14H20F3N3O/c1-9-6-12(20-10(2)19-9)18-8-13(21)5-3-4-11(7-13)14(15,16)17/h6,11,21H,3-5,7-8H2,1-2H3,(H,18,19,20). The van der Waals surface area contributed by atoms with Crippen LogP contribution in [0.25, 0.3) is 0 Å². The molecule has 2 unspecified atom stereocenters. The molecule has 0 spiro atoms. The van der Waals surface area contributed by atoms with Gasteiger partial charge in [0, 0.05) is 18.3 Å². The molecule has 0 radical (unpaired) electrons. The number of halogens is 3. The fourth-order valence-electron chi connectivity index (χ4n) is 2.84. The lowest BCUT2D eigenvalue weighted by atomic mass is 9.77. The lowest BCUT2D eigenvalue weighted by Crippen LogP contribution is -2.45. The van der Waals surface area contributed by atoms with Crippen molar-refractivity contribution in [3.05, 3.63) is 17.6 Å². The molecule has 1 aliphatic rings. The van der Waals surface area contributed by atoms with Crippen molar-refractivity contribution in [2.24, 2.45) is 5.92 Å². The van der Waals surface area contributed by atoms with Gasteiger partial charge in [-0.3, -0.25) is 0 Å². The van der Waals surface area contributed by atoms with Crippen LogP contribution in [-0.2, 0) is 0 Å². The van der Waals surface area contributed by atoms with Gasteiger partial charge in [0.05, 0.1) is 11.5 Å². The summed E-state index contributed by atoms with van der Waals surface area (Å²) in [5.74, 6) is -0.309. The van der Waals surface area contributed by atoms with Crippen molar-refractivity contribution < 1.29 is 18.3 Å². The van der Waals surface area contributed by atoms with E-state index in [9.17, 15) is 18.3 Å². The molecule has 0 bridgehead atoms. The van der Waals surface area contributed by atoms with Crippen LogP contribution >= 0.6 is 0 Å².